The summed E-state index contributed by atoms with van der Waals surface area (Å²) in [7, 11) is 3.89. The molecule has 1 atom stereocenters. The molecule has 3 rings (SSSR count). The van der Waals surface area contributed by atoms with Crippen LogP contribution in [-0.4, -0.2) is 31.4 Å². The third kappa shape index (κ3) is 3.86. The number of carbonyl (C=O) groups is 1. The lowest BCUT2D eigenvalue weighted by molar-refractivity contribution is 0.0943. The van der Waals surface area contributed by atoms with Crippen molar-refractivity contribution in [3.05, 3.63) is 83.7 Å². The van der Waals surface area contributed by atoms with Gasteiger partial charge in [0, 0.05) is 12.1 Å². The minimum Gasteiger partial charge on any atom is -0.350 e. The van der Waals surface area contributed by atoms with Crippen molar-refractivity contribution < 1.29 is 9.18 Å². The van der Waals surface area contributed by atoms with Crippen LogP contribution in [0.15, 0.2) is 66.7 Å². The summed E-state index contributed by atoms with van der Waals surface area (Å²) >= 11 is 0. The molecular weight excluding hydrogens is 315 g/mol. The second-order valence-electron chi connectivity index (χ2n) is 6.27. The molecule has 25 heavy (non-hydrogen) atoms. The summed E-state index contributed by atoms with van der Waals surface area (Å²) in [5.41, 5.74) is 1.62. The van der Waals surface area contributed by atoms with Crippen molar-refractivity contribution in [2.24, 2.45) is 0 Å². The first kappa shape index (κ1) is 17.1. The number of hydrogen-bond donors (Lipinski definition) is 1. The van der Waals surface area contributed by atoms with Crippen LogP contribution >= 0.6 is 0 Å². The number of nitrogens with zero attached hydrogens (tertiary/aromatic N) is 1. The van der Waals surface area contributed by atoms with Gasteiger partial charge in [-0.3, -0.25) is 4.79 Å². The van der Waals surface area contributed by atoms with Gasteiger partial charge in [-0.15, -0.1) is 0 Å². The molecular formula is C21H21FN2O. The molecule has 0 fully saturated rings. The van der Waals surface area contributed by atoms with Gasteiger partial charge in [-0.25, -0.2) is 4.39 Å². The predicted molar refractivity (Wildman–Crippen MR) is 99.1 cm³/mol. The summed E-state index contributed by atoms with van der Waals surface area (Å²) in [6.45, 7) is 0.445. The van der Waals surface area contributed by atoms with Crippen molar-refractivity contribution in [3.63, 3.8) is 0 Å². The van der Waals surface area contributed by atoms with Crippen molar-refractivity contribution in [1.82, 2.24) is 10.2 Å². The van der Waals surface area contributed by atoms with Gasteiger partial charge in [0.25, 0.3) is 5.91 Å². The van der Waals surface area contributed by atoms with Gasteiger partial charge in [0.2, 0.25) is 0 Å². The number of hydrogen-bond acceptors (Lipinski definition) is 2. The van der Waals surface area contributed by atoms with Gasteiger partial charge >= 0.3 is 0 Å². The summed E-state index contributed by atoms with van der Waals surface area (Å²) in [5.74, 6) is -0.369. The molecule has 0 heterocycles. The lowest BCUT2D eigenvalue weighted by atomic mass is 10.0. The van der Waals surface area contributed by atoms with Gasteiger partial charge in [0.15, 0.2) is 0 Å². The van der Waals surface area contributed by atoms with Crippen LogP contribution in [0, 0.1) is 5.82 Å². The second kappa shape index (κ2) is 7.45. The molecule has 0 aliphatic rings. The minimum absolute atomic E-state index is 0.0282. The van der Waals surface area contributed by atoms with Crippen LogP contribution in [0.3, 0.4) is 0 Å². The molecule has 0 aromatic heterocycles. The van der Waals surface area contributed by atoms with Gasteiger partial charge < -0.3 is 10.2 Å². The maximum absolute atomic E-state index is 13.2. The fraction of sp³-hybridized carbons (Fsp3) is 0.190. The van der Waals surface area contributed by atoms with Crippen molar-refractivity contribution in [1.29, 1.82) is 0 Å². The Kier molecular flexibility index (Phi) is 5.10. The number of amides is 1. The molecule has 0 aliphatic carbocycles. The van der Waals surface area contributed by atoms with E-state index in [1.54, 1.807) is 12.1 Å². The average Bonchev–Trinajstić information content (AvgIpc) is 2.62. The molecule has 0 saturated heterocycles. The largest absolute Gasteiger partial charge is 0.350 e. The fourth-order valence-corrected chi connectivity index (χ4v) is 2.99. The number of nitrogens with one attached hydrogen (secondary N) is 1. The molecule has 3 aromatic carbocycles. The highest BCUT2D eigenvalue weighted by atomic mass is 19.1. The van der Waals surface area contributed by atoms with Crippen molar-refractivity contribution >= 4 is 16.7 Å². The quantitative estimate of drug-likeness (QED) is 0.763. The van der Waals surface area contributed by atoms with E-state index in [4.69, 9.17) is 0 Å². The topological polar surface area (TPSA) is 32.3 Å². The zero-order chi connectivity index (χ0) is 17.8. The molecule has 0 spiro atoms. The van der Waals surface area contributed by atoms with Gasteiger partial charge in [-0.1, -0.05) is 48.5 Å². The molecule has 0 bridgehead atoms. The molecule has 0 unspecified atom stereocenters. The Morgan fingerprint density at radius 2 is 1.68 bits per heavy atom. The SMILES string of the molecule is CN(C)[C@H](CNC(=O)c1cccc2ccccc12)c1ccc(F)cc1. The van der Waals surface area contributed by atoms with Gasteiger partial charge in [-0.2, -0.15) is 0 Å². The van der Waals surface area contributed by atoms with E-state index in [-0.39, 0.29) is 17.8 Å². The highest BCUT2D eigenvalue weighted by Gasteiger charge is 2.17. The van der Waals surface area contributed by atoms with Gasteiger partial charge in [0.05, 0.1) is 6.04 Å². The summed E-state index contributed by atoms with van der Waals surface area (Å²) < 4.78 is 13.2. The Hall–Kier alpha value is -2.72. The molecule has 1 amide bonds. The van der Waals surface area contributed by atoms with Crippen LogP contribution in [0.4, 0.5) is 4.39 Å². The second-order valence-corrected chi connectivity index (χ2v) is 6.27. The lowest BCUT2D eigenvalue weighted by Gasteiger charge is -2.25. The minimum atomic E-state index is -0.263. The molecule has 0 saturated carbocycles. The zero-order valence-electron chi connectivity index (χ0n) is 14.4. The first-order valence-electron chi connectivity index (χ1n) is 8.24. The first-order valence-corrected chi connectivity index (χ1v) is 8.24. The third-order valence-electron chi connectivity index (χ3n) is 4.37. The first-order chi connectivity index (χ1) is 12.1. The molecule has 128 valence electrons. The van der Waals surface area contributed by atoms with E-state index < -0.39 is 0 Å². The Balaban J connectivity index is 1.78. The van der Waals surface area contributed by atoms with Crippen LogP contribution in [-0.2, 0) is 0 Å². The standard InChI is InChI=1S/C21H21FN2O/c1-24(2)20(16-10-12-17(22)13-11-16)14-23-21(25)19-9-5-7-15-6-3-4-8-18(15)19/h3-13,20H,14H2,1-2H3,(H,23,25)/t20-/m1/s1. The lowest BCUT2D eigenvalue weighted by Crippen LogP contribution is -2.34. The van der Waals surface area contributed by atoms with Crippen LogP contribution in [0.25, 0.3) is 10.8 Å². The average molecular weight is 336 g/mol. The summed E-state index contributed by atoms with van der Waals surface area (Å²) in [5, 5.41) is 4.99. The highest BCUT2D eigenvalue weighted by Crippen LogP contribution is 2.20. The highest BCUT2D eigenvalue weighted by molar-refractivity contribution is 6.07. The monoisotopic (exact) mass is 336 g/mol. The van der Waals surface area contributed by atoms with E-state index in [1.165, 1.54) is 12.1 Å². The number of carbonyl (C=O) groups excluding carboxylic acids is 1. The molecule has 3 nitrogen and oxygen atoms in total. The van der Waals surface area contributed by atoms with E-state index >= 15 is 0 Å². The normalized spacial score (nSPS) is 12.3. The van der Waals surface area contributed by atoms with Crippen LogP contribution in [0.2, 0.25) is 0 Å². The van der Waals surface area contributed by atoms with Crippen LogP contribution in [0.1, 0.15) is 22.0 Å². The Bertz CT molecular complexity index is 869. The van der Waals surface area contributed by atoms with Crippen molar-refractivity contribution in [2.45, 2.75) is 6.04 Å². The van der Waals surface area contributed by atoms with E-state index in [1.807, 2.05) is 61.5 Å². The van der Waals surface area contributed by atoms with E-state index in [0.29, 0.717) is 12.1 Å². The molecule has 1 N–H and O–H groups in total. The van der Waals surface area contributed by atoms with Gasteiger partial charge in [0.1, 0.15) is 5.82 Å². The maximum Gasteiger partial charge on any atom is 0.251 e. The van der Waals surface area contributed by atoms with Crippen LogP contribution in [0.5, 0.6) is 0 Å². The molecule has 0 aliphatic heterocycles. The summed E-state index contributed by atoms with van der Waals surface area (Å²) in [6, 6.07) is 19.9. The summed E-state index contributed by atoms with van der Waals surface area (Å²) in [4.78, 5) is 14.7. The van der Waals surface area contributed by atoms with E-state index in [9.17, 15) is 9.18 Å². The van der Waals surface area contributed by atoms with E-state index in [0.717, 1.165) is 16.3 Å². The molecule has 4 heteroatoms. The number of fused-ring (bicyclic) bond motifs is 1. The van der Waals surface area contributed by atoms with E-state index in [2.05, 4.69) is 5.32 Å². The number of benzene rings is 3. The molecule has 0 radical (unpaired) electrons. The third-order valence-corrected chi connectivity index (χ3v) is 4.37. The Labute approximate surface area is 147 Å². The maximum atomic E-state index is 13.2. The van der Waals surface area contributed by atoms with Gasteiger partial charge in [-0.05, 0) is 48.6 Å². The summed E-state index contributed by atoms with van der Waals surface area (Å²) in [6.07, 6.45) is 0. The van der Waals surface area contributed by atoms with Crippen molar-refractivity contribution in [2.75, 3.05) is 20.6 Å². The smallest absolute Gasteiger partial charge is 0.251 e. The fourth-order valence-electron chi connectivity index (χ4n) is 2.99. The van der Waals surface area contributed by atoms with Crippen LogP contribution < -0.4 is 5.32 Å². The Morgan fingerprint density at radius 1 is 1.00 bits per heavy atom. The number of likely N-dealkylation sites (N-methyl/N-ethyl adjacent to an activating group) is 1. The Morgan fingerprint density at radius 3 is 2.40 bits per heavy atom. The van der Waals surface area contributed by atoms with Crippen molar-refractivity contribution in [3.8, 4) is 0 Å². The predicted octanol–water partition coefficient (Wildman–Crippen LogP) is 4.01. The molecule has 3 aromatic rings. The number of rotatable bonds is 5. The number of halogens is 1. The zero-order valence-corrected chi connectivity index (χ0v) is 14.4.